The number of carbonyl (C=O) groups is 1. The Hall–Kier alpha value is -4.05. The van der Waals surface area contributed by atoms with Gasteiger partial charge >= 0.3 is 12.0 Å². The number of morpholine rings is 1. The van der Waals surface area contributed by atoms with E-state index >= 15 is 0 Å². The second-order valence-corrected chi connectivity index (χ2v) is 6.71. The van der Waals surface area contributed by atoms with Crippen LogP contribution in [-0.2, 0) is 4.74 Å². The monoisotopic (exact) mass is 434 g/mol. The average Bonchev–Trinajstić information content (AvgIpc) is 2.86. The van der Waals surface area contributed by atoms with Crippen molar-refractivity contribution in [1.82, 2.24) is 15.0 Å². The molecule has 1 fully saturated rings. The predicted molar refractivity (Wildman–Crippen MR) is 118 cm³/mol. The molecule has 0 spiro atoms. The molecule has 0 bridgehead atoms. The van der Waals surface area contributed by atoms with E-state index in [1.54, 1.807) is 42.5 Å². The topological polar surface area (TPSA) is 111 Å². The molecular weight excluding hydrogens is 412 g/mol. The highest BCUT2D eigenvalue weighted by Crippen LogP contribution is 2.19. The Morgan fingerprint density at radius 1 is 1.06 bits per heavy atom. The van der Waals surface area contributed by atoms with E-state index in [-0.39, 0.29) is 12.0 Å². The third-order valence-electron chi connectivity index (χ3n) is 4.58. The molecule has 2 aromatic carbocycles. The summed E-state index contributed by atoms with van der Waals surface area (Å²) in [5, 5.41) is 4.20. The average molecular weight is 434 g/mol. The maximum Gasteiger partial charge on any atom is 0.343 e. The van der Waals surface area contributed by atoms with Crippen molar-refractivity contribution in [3.05, 3.63) is 65.7 Å². The van der Waals surface area contributed by atoms with Crippen LogP contribution in [0.3, 0.4) is 0 Å². The molecule has 0 atom stereocenters. The number of methoxy groups -OCH3 is 1. The Bertz CT molecular complexity index is 1090. The van der Waals surface area contributed by atoms with Gasteiger partial charge in [0.2, 0.25) is 5.95 Å². The molecule has 1 aliphatic heterocycles. The number of hydrazone groups is 1. The summed E-state index contributed by atoms with van der Waals surface area (Å²) in [6.45, 7) is 2.56. The lowest BCUT2D eigenvalue weighted by Gasteiger charge is -2.26. The van der Waals surface area contributed by atoms with Crippen LogP contribution in [0.25, 0.3) is 0 Å². The van der Waals surface area contributed by atoms with Gasteiger partial charge in [-0.3, -0.25) is 0 Å². The molecule has 4 rings (SSSR count). The Balaban J connectivity index is 1.48. The van der Waals surface area contributed by atoms with Crippen molar-refractivity contribution in [2.24, 2.45) is 5.10 Å². The fourth-order valence-electron chi connectivity index (χ4n) is 2.96. The standard InChI is InChI=1S/C22H22N6O4/c1-30-22-25-20(24-21(26-22)28-11-13-31-14-12-28)27-23-15-17-9-5-6-10-18(17)32-19(29)16-7-3-2-4-8-16/h2-10,15H,11-14H2,1H3,(H,24,25,26,27)/b23-15+. The number of benzene rings is 2. The zero-order valence-electron chi connectivity index (χ0n) is 17.5. The number of esters is 1. The number of hydrogen-bond acceptors (Lipinski definition) is 10. The molecule has 1 aliphatic rings. The van der Waals surface area contributed by atoms with Gasteiger partial charge in [-0.25, -0.2) is 10.2 Å². The molecule has 1 aromatic heterocycles. The van der Waals surface area contributed by atoms with Crippen LogP contribution >= 0.6 is 0 Å². The number of para-hydroxylation sites is 1. The van der Waals surface area contributed by atoms with Crippen molar-refractivity contribution >= 4 is 24.1 Å². The summed E-state index contributed by atoms with van der Waals surface area (Å²) >= 11 is 0. The van der Waals surface area contributed by atoms with Crippen molar-refractivity contribution in [2.45, 2.75) is 0 Å². The van der Waals surface area contributed by atoms with Crippen molar-refractivity contribution < 1.29 is 19.0 Å². The van der Waals surface area contributed by atoms with Gasteiger partial charge in [0.15, 0.2) is 0 Å². The summed E-state index contributed by atoms with van der Waals surface area (Å²) in [5.74, 6) is 0.647. The number of rotatable bonds is 7. The Morgan fingerprint density at radius 2 is 1.81 bits per heavy atom. The zero-order chi connectivity index (χ0) is 22.2. The number of hydrogen-bond donors (Lipinski definition) is 1. The quantitative estimate of drug-likeness (QED) is 0.259. The minimum Gasteiger partial charge on any atom is -0.467 e. The first-order chi connectivity index (χ1) is 15.7. The van der Waals surface area contributed by atoms with E-state index < -0.39 is 5.97 Å². The van der Waals surface area contributed by atoms with Crippen molar-refractivity contribution in [3.8, 4) is 11.8 Å². The summed E-state index contributed by atoms with van der Waals surface area (Å²) in [6, 6.07) is 16.1. The van der Waals surface area contributed by atoms with Gasteiger partial charge < -0.3 is 19.1 Å². The molecular formula is C22H22N6O4. The van der Waals surface area contributed by atoms with E-state index in [4.69, 9.17) is 14.2 Å². The summed E-state index contributed by atoms with van der Waals surface area (Å²) in [4.78, 5) is 27.2. The highest BCUT2D eigenvalue weighted by molar-refractivity contribution is 5.93. The van der Waals surface area contributed by atoms with Crippen LogP contribution in [0.4, 0.5) is 11.9 Å². The van der Waals surface area contributed by atoms with Gasteiger partial charge in [0, 0.05) is 18.7 Å². The van der Waals surface area contributed by atoms with Crippen LogP contribution in [-0.4, -0.2) is 60.5 Å². The normalized spacial score (nSPS) is 13.7. The molecule has 1 N–H and O–H groups in total. The van der Waals surface area contributed by atoms with Crippen molar-refractivity contribution in [3.63, 3.8) is 0 Å². The smallest absolute Gasteiger partial charge is 0.343 e. The number of anilines is 2. The number of ether oxygens (including phenoxy) is 3. The first-order valence-corrected chi connectivity index (χ1v) is 10.0. The SMILES string of the molecule is COc1nc(N/N=C/c2ccccc2OC(=O)c2ccccc2)nc(N2CCOCC2)n1. The van der Waals surface area contributed by atoms with Gasteiger partial charge in [0.05, 0.1) is 32.1 Å². The van der Waals surface area contributed by atoms with Gasteiger partial charge in [0.1, 0.15) is 5.75 Å². The molecule has 10 nitrogen and oxygen atoms in total. The molecule has 0 radical (unpaired) electrons. The molecule has 2 heterocycles. The van der Waals surface area contributed by atoms with Crippen LogP contribution in [0.1, 0.15) is 15.9 Å². The van der Waals surface area contributed by atoms with Gasteiger partial charge in [-0.15, -0.1) is 0 Å². The van der Waals surface area contributed by atoms with Crippen LogP contribution in [0.2, 0.25) is 0 Å². The summed E-state index contributed by atoms with van der Waals surface area (Å²) in [5.41, 5.74) is 3.86. The van der Waals surface area contributed by atoms with Crippen molar-refractivity contribution in [2.75, 3.05) is 43.7 Å². The fraction of sp³-hybridized carbons (Fsp3) is 0.227. The number of carbonyl (C=O) groups excluding carboxylic acids is 1. The Kier molecular flexibility index (Phi) is 6.83. The van der Waals surface area contributed by atoms with Gasteiger partial charge in [-0.05, 0) is 24.3 Å². The molecule has 3 aromatic rings. The number of nitrogens with zero attached hydrogens (tertiary/aromatic N) is 5. The minimum atomic E-state index is -0.447. The third kappa shape index (κ3) is 5.35. The van der Waals surface area contributed by atoms with E-state index in [2.05, 4.69) is 25.5 Å². The molecule has 10 heteroatoms. The third-order valence-corrected chi connectivity index (χ3v) is 4.58. The minimum absolute atomic E-state index is 0.177. The predicted octanol–water partition coefficient (Wildman–Crippen LogP) is 2.38. The second kappa shape index (κ2) is 10.3. The zero-order valence-corrected chi connectivity index (χ0v) is 17.5. The van der Waals surface area contributed by atoms with Crippen LogP contribution in [0.5, 0.6) is 11.8 Å². The summed E-state index contributed by atoms with van der Waals surface area (Å²) in [7, 11) is 1.49. The van der Waals surface area contributed by atoms with Crippen LogP contribution in [0.15, 0.2) is 59.7 Å². The molecule has 0 amide bonds. The fourth-order valence-corrected chi connectivity index (χ4v) is 2.96. The Labute approximate surface area is 184 Å². The number of aromatic nitrogens is 3. The lowest BCUT2D eigenvalue weighted by Crippen LogP contribution is -2.37. The van der Waals surface area contributed by atoms with E-state index in [0.29, 0.717) is 49.1 Å². The summed E-state index contributed by atoms with van der Waals surface area (Å²) in [6.07, 6.45) is 1.53. The molecule has 0 aliphatic carbocycles. The Morgan fingerprint density at radius 3 is 2.59 bits per heavy atom. The first kappa shape index (κ1) is 21.2. The van der Waals surface area contributed by atoms with E-state index in [1.807, 2.05) is 17.0 Å². The lowest BCUT2D eigenvalue weighted by molar-refractivity contribution is 0.0734. The molecule has 1 saturated heterocycles. The number of nitrogens with one attached hydrogen (secondary N) is 1. The van der Waals surface area contributed by atoms with Gasteiger partial charge in [-0.1, -0.05) is 30.3 Å². The maximum atomic E-state index is 12.4. The highest BCUT2D eigenvalue weighted by atomic mass is 16.5. The summed E-state index contributed by atoms with van der Waals surface area (Å²) < 4.78 is 16.1. The van der Waals surface area contributed by atoms with E-state index in [0.717, 1.165) is 0 Å². The molecule has 0 saturated carbocycles. The van der Waals surface area contributed by atoms with E-state index in [9.17, 15) is 4.79 Å². The van der Waals surface area contributed by atoms with Crippen molar-refractivity contribution in [1.29, 1.82) is 0 Å². The van der Waals surface area contributed by atoms with Gasteiger partial charge in [0.25, 0.3) is 5.95 Å². The maximum absolute atomic E-state index is 12.4. The second-order valence-electron chi connectivity index (χ2n) is 6.71. The highest BCUT2D eigenvalue weighted by Gasteiger charge is 2.17. The van der Waals surface area contributed by atoms with Crippen LogP contribution in [0, 0.1) is 0 Å². The van der Waals surface area contributed by atoms with Gasteiger partial charge in [-0.2, -0.15) is 20.1 Å². The lowest BCUT2D eigenvalue weighted by atomic mass is 10.2. The molecule has 164 valence electrons. The van der Waals surface area contributed by atoms with Crippen LogP contribution < -0.4 is 19.8 Å². The van der Waals surface area contributed by atoms with E-state index in [1.165, 1.54) is 13.3 Å². The largest absolute Gasteiger partial charge is 0.467 e. The molecule has 32 heavy (non-hydrogen) atoms. The molecule has 0 unspecified atom stereocenters. The first-order valence-electron chi connectivity index (χ1n) is 10.0.